The van der Waals surface area contributed by atoms with Crippen molar-refractivity contribution < 1.29 is 9.21 Å². The van der Waals surface area contributed by atoms with Gasteiger partial charge < -0.3 is 9.73 Å². The first-order valence-corrected chi connectivity index (χ1v) is 8.25. The number of aromatic nitrogens is 3. The van der Waals surface area contributed by atoms with Crippen LogP contribution in [0.2, 0.25) is 0 Å². The van der Waals surface area contributed by atoms with Crippen LogP contribution in [0, 0.1) is 11.3 Å². The van der Waals surface area contributed by atoms with Crippen LogP contribution < -0.4 is 5.32 Å². The van der Waals surface area contributed by atoms with Crippen LogP contribution in [-0.2, 0) is 4.79 Å². The Kier molecular flexibility index (Phi) is 5.06. The maximum absolute atomic E-state index is 12.3. The number of carbonyl (C=O) groups is 1. The summed E-state index contributed by atoms with van der Waals surface area (Å²) in [5.41, 5.74) is 1.88. The molecule has 124 valence electrons. The summed E-state index contributed by atoms with van der Waals surface area (Å²) >= 11 is 1.17. The van der Waals surface area contributed by atoms with Gasteiger partial charge in [0.05, 0.1) is 22.4 Å². The quantitative estimate of drug-likeness (QED) is 0.704. The number of nitrogens with zero attached hydrogens (tertiary/aromatic N) is 4. The molecule has 0 spiro atoms. The van der Waals surface area contributed by atoms with Gasteiger partial charge in [-0.05, 0) is 43.3 Å². The number of anilines is 1. The van der Waals surface area contributed by atoms with E-state index in [4.69, 9.17) is 9.68 Å². The van der Waals surface area contributed by atoms with Gasteiger partial charge >= 0.3 is 0 Å². The molecule has 1 atom stereocenters. The van der Waals surface area contributed by atoms with E-state index in [1.54, 1.807) is 49.6 Å². The third kappa shape index (κ3) is 4.22. The molecular weight excluding hydrogens is 338 g/mol. The molecule has 0 fully saturated rings. The molecule has 0 radical (unpaired) electrons. The fraction of sp³-hybridized carbons (Fsp3) is 0.118. The molecule has 0 saturated heterocycles. The van der Waals surface area contributed by atoms with E-state index in [2.05, 4.69) is 20.5 Å². The van der Waals surface area contributed by atoms with E-state index >= 15 is 0 Å². The van der Waals surface area contributed by atoms with Crippen LogP contribution in [-0.4, -0.2) is 26.3 Å². The lowest BCUT2D eigenvalue weighted by Crippen LogP contribution is -2.22. The molecule has 3 aromatic rings. The molecule has 2 aromatic heterocycles. The maximum atomic E-state index is 12.3. The predicted octanol–water partition coefficient (Wildman–Crippen LogP) is 3.12. The molecule has 25 heavy (non-hydrogen) atoms. The second kappa shape index (κ2) is 7.59. The minimum Gasteiger partial charge on any atom is -0.411 e. The van der Waals surface area contributed by atoms with Crippen molar-refractivity contribution in [3.8, 4) is 17.5 Å². The Bertz CT molecular complexity index is 903. The second-order valence-corrected chi connectivity index (χ2v) is 6.35. The molecule has 0 saturated carbocycles. The number of hydrogen-bond acceptors (Lipinski definition) is 7. The van der Waals surface area contributed by atoms with E-state index in [1.807, 2.05) is 12.1 Å². The summed E-state index contributed by atoms with van der Waals surface area (Å²) in [5.74, 6) is 0.158. The van der Waals surface area contributed by atoms with Crippen LogP contribution in [0.25, 0.3) is 11.5 Å². The van der Waals surface area contributed by atoms with Crippen molar-refractivity contribution >= 4 is 23.4 Å². The number of carbonyl (C=O) groups excluding carboxylic acids is 1. The van der Waals surface area contributed by atoms with Gasteiger partial charge in [0.25, 0.3) is 5.22 Å². The largest absolute Gasteiger partial charge is 0.411 e. The van der Waals surface area contributed by atoms with Crippen molar-refractivity contribution in [1.82, 2.24) is 15.2 Å². The van der Waals surface area contributed by atoms with E-state index in [9.17, 15) is 4.79 Å². The van der Waals surface area contributed by atoms with E-state index in [-0.39, 0.29) is 5.91 Å². The molecule has 0 bridgehead atoms. The summed E-state index contributed by atoms with van der Waals surface area (Å²) in [5, 5.41) is 19.3. The van der Waals surface area contributed by atoms with Crippen molar-refractivity contribution in [2.24, 2.45) is 0 Å². The highest BCUT2D eigenvalue weighted by molar-refractivity contribution is 8.00. The van der Waals surface area contributed by atoms with Gasteiger partial charge in [0.1, 0.15) is 0 Å². The third-order valence-corrected chi connectivity index (χ3v) is 4.18. The molecule has 1 amide bonds. The first-order valence-electron chi connectivity index (χ1n) is 7.37. The first-order chi connectivity index (χ1) is 12.2. The molecule has 7 nitrogen and oxygen atoms in total. The normalized spacial score (nSPS) is 11.5. The third-order valence-electron chi connectivity index (χ3n) is 3.24. The maximum Gasteiger partial charge on any atom is 0.277 e. The standard InChI is InChI=1S/C17H13N5O2S/c1-11(15(23)20-14-6-4-12(9-18)5-7-14)25-17-22-21-16(24-17)13-3-2-8-19-10-13/h2-8,10-11H,1H3,(H,20,23)/t11-/m1/s1. The number of amides is 1. The van der Waals surface area contributed by atoms with Crippen LogP contribution in [0.1, 0.15) is 12.5 Å². The molecular formula is C17H13N5O2S. The minimum absolute atomic E-state index is 0.198. The van der Waals surface area contributed by atoms with Crippen molar-refractivity contribution in [3.63, 3.8) is 0 Å². The van der Waals surface area contributed by atoms with Crippen LogP contribution in [0.3, 0.4) is 0 Å². The molecule has 0 aliphatic heterocycles. The number of rotatable bonds is 5. The SMILES string of the molecule is C[C@@H](Sc1nnc(-c2cccnc2)o1)C(=O)Nc1ccc(C#N)cc1. The van der Waals surface area contributed by atoms with Gasteiger partial charge in [0.15, 0.2) is 0 Å². The topological polar surface area (TPSA) is 105 Å². The highest BCUT2D eigenvalue weighted by Gasteiger charge is 2.19. The van der Waals surface area contributed by atoms with Crippen molar-refractivity contribution in [1.29, 1.82) is 5.26 Å². The van der Waals surface area contributed by atoms with E-state index in [1.165, 1.54) is 11.8 Å². The molecule has 2 heterocycles. The van der Waals surface area contributed by atoms with Gasteiger partial charge in [0, 0.05) is 18.1 Å². The molecule has 0 unspecified atom stereocenters. The molecule has 0 aliphatic carbocycles. The summed E-state index contributed by atoms with van der Waals surface area (Å²) < 4.78 is 5.56. The van der Waals surface area contributed by atoms with Gasteiger partial charge in [-0.25, -0.2) is 0 Å². The Morgan fingerprint density at radius 1 is 1.28 bits per heavy atom. The Morgan fingerprint density at radius 2 is 2.08 bits per heavy atom. The minimum atomic E-state index is -0.433. The summed E-state index contributed by atoms with van der Waals surface area (Å²) in [6, 6.07) is 12.3. The summed E-state index contributed by atoms with van der Waals surface area (Å²) in [6.07, 6.45) is 3.29. The lowest BCUT2D eigenvalue weighted by atomic mass is 10.2. The van der Waals surface area contributed by atoms with E-state index in [0.29, 0.717) is 22.4 Å². The number of hydrogen-bond donors (Lipinski definition) is 1. The zero-order valence-electron chi connectivity index (χ0n) is 13.2. The Hall–Kier alpha value is -3.18. The first kappa shape index (κ1) is 16.7. The smallest absolute Gasteiger partial charge is 0.277 e. The fourth-order valence-electron chi connectivity index (χ4n) is 1.94. The Balaban J connectivity index is 1.61. The number of thioether (sulfide) groups is 1. The van der Waals surface area contributed by atoms with E-state index < -0.39 is 5.25 Å². The molecule has 0 aliphatic rings. The Labute approximate surface area is 148 Å². The van der Waals surface area contributed by atoms with Gasteiger partial charge in [-0.15, -0.1) is 10.2 Å². The number of nitrogens with one attached hydrogen (secondary N) is 1. The van der Waals surface area contributed by atoms with Gasteiger partial charge in [-0.3, -0.25) is 9.78 Å². The lowest BCUT2D eigenvalue weighted by Gasteiger charge is -2.09. The zero-order valence-corrected chi connectivity index (χ0v) is 14.0. The van der Waals surface area contributed by atoms with Crippen LogP contribution >= 0.6 is 11.8 Å². The number of nitriles is 1. The van der Waals surface area contributed by atoms with Crippen molar-refractivity contribution in [3.05, 3.63) is 54.4 Å². The Morgan fingerprint density at radius 3 is 2.76 bits per heavy atom. The number of benzene rings is 1. The summed E-state index contributed by atoms with van der Waals surface area (Å²) in [7, 11) is 0. The van der Waals surface area contributed by atoms with Gasteiger partial charge in [0.2, 0.25) is 11.8 Å². The number of pyridine rings is 1. The molecule has 8 heteroatoms. The second-order valence-electron chi connectivity index (χ2n) is 5.05. The molecule has 3 rings (SSSR count). The van der Waals surface area contributed by atoms with Crippen LogP contribution in [0.15, 0.2) is 58.4 Å². The summed E-state index contributed by atoms with van der Waals surface area (Å²) in [6.45, 7) is 1.75. The summed E-state index contributed by atoms with van der Waals surface area (Å²) in [4.78, 5) is 16.3. The highest BCUT2D eigenvalue weighted by atomic mass is 32.2. The highest BCUT2D eigenvalue weighted by Crippen LogP contribution is 2.26. The van der Waals surface area contributed by atoms with Crippen LogP contribution in [0.5, 0.6) is 0 Å². The van der Waals surface area contributed by atoms with Crippen molar-refractivity contribution in [2.45, 2.75) is 17.4 Å². The average molecular weight is 351 g/mol. The zero-order chi connectivity index (χ0) is 17.6. The van der Waals surface area contributed by atoms with Crippen LogP contribution in [0.4, 0.5) is 5.69 Å². The lowest BCUT2D eigenvalue weighted by molar-refractivity contribution is -0.115. The average Bonchev–Trinajstić information content (AvgIpc) is 3.11. The molecule has 1 aromatic carbocycles. The fourth-order valence-corrected chi connectivity index (χ4v) is 2.62. The van der Waals surface area contributed by atoms with Gasteiger partial charge in [-0.1, -0.05) is 11.8 Å². The predicted molar refractivity (Wildman–Crippen MR) is 92.6 cm³/mol. The molecule has 1 N–H and O–H groups in total. The monoisotopic (exact) mass is 351 g/mol. The van der Waals surface area contributed by atoms with Crippen molar-refractivity contribution in [2.75, 3.05) is 5.32 Å². The van der Waals surface area contributed by atoms with Gasteiger partial charge in [-0.2, -0.15) is 5.26 Å². The van der Waals surface area contributed by atoms with E-state index in [0.717, 1.165) is 5.56 Å².